The molecule has 1 aromatic heterocycles. The number of aliphatic hydroxyl groups is 1. The standard InChI is InChI=1S/C17H23N3O/c1-14-7-9-16(10-8-14)17(21,11-20-13-18-12-19-20)15-5-3-2-4-6-15/h7-10,12-13,15,21H,2-6,11H2,1H3. The van der Waals surface area contributed by atoms with Crippen molar-refractivity contribution in [1.82, 2.24) is 14.8 Å². The molecule has 0 amide bonds. The summed E-state index contributed by atoms with van der Waals surface area (Å²) in [5.41, 5.74) is 1.35. The molecule has 3 rings (SSSR count). The van der Waals surface area contributed by atoms with E-state index in [0.29, 0.717) is 6.54 Å². The van der Waals surface area contributed by atoms with Gasteiger partial charge in [-0.3, -0.25) is 0 Å². The average Bonchev–Trinajstić information content (AvgIpc) is 3.01. The molecule has 2 aromatic rings. The minimum absolute atomic E-state index is 0.290. The van der Waals surface area contributed by atoms with E-state index >= 15 is 0 Å². The third-order valence-electron chi connectivity index (χ3n) is 4.70. The van der Waals surface area contributed by atoms with Crippen molar-refractivity contribution in [3.8, 4) is 0 Å². The molecule has 0 saturated heterocycles. The van der Waals surface area contributed by atoms with E-state index in [1.807, 2.05) is 0 Å². The molecule has 1 unspecified atom stereocenters. The lowest BCUT2D eigenvalue weighted by Crippen LogP contribution is -2.40. The normalized spacial score (nSPS) is 19.3. The van der Waals surface area contributed by atoms with Crippen molar-refractivity contribution < 1.29 is 5.11 Å². The molecule has 21 heavy (non-hydrogen) atoms. The van der Waals surface area contributed by atoms with Crippen LogP contribution in [0, 0.1) is 12.8 Å². The Labute approximate surface area is 125 Å². The molecule has 1 N–H and O–H groups in total. The highest BCUT2D eigenvalue weighted by Crippen LogP contribution is 2.40. The second-order valence-electron chi connectivity index (χ2n) is 6.22. The van der Waals surface area contributed by atoms with Gasteiger partial charge in [0.2, 0.25) is 0 Å². The molecule has 1 saturated carbocycles. The highest BCUT2D eigenvalue weighted by molar-refractivity contribution is 5.27. The zero-order chi connectivity index (χ0) is 14.7. The van der Waals surface area contributed by atoms with Crippen molar-refractivity contribution in [2.75, 3.05) is 0 Å². The van der Waals surface area contributed by atoms with Crippen molar-refractivity contribution in [3.05, 3.63) is 48.0 Å². The highest BCUT2D eigenvalue weighted by atomic mass is 16.3. The van der Waals surface area contributed by atoms with Gasteiger partial charge in [0.25, 0.3) is 0 Å². The predicted octanol–water partition coefficient (Wildman–Crippen LogP) is 3.05. The van der Waals surface area contributed by atoms with Crippen molar-refractivity contribution >= 4 is 0 Å². The summed E-state index contributed by atoms with van der Waals surface area (Å²) < 4.78 is 1.74. The third kappa shape index (κ3) is 3.00. The molecule has 4 heteroatoms. The zero-order valence-electron chi connectivity index (χ0n) is 12.6. The lowest BCUT2D eigenvalue weighted by molar-refractivity contribution is -0.0557. The maximum atomic E-state index is 11.5. The molecule has 0 radical (unpaired) electrons. The Morgan fingerprint density at radius 2 is 1.90 bits per heavy atom. The predicted molar refractivity (Wildman–Crippen MR) is 81.7 cm³/mol. The topological polar surface area (TPSA) is 50.9 Å². The largest absolute Gasteiger partial charge is 0.383 e. The maximum Gasteiger partial charge on any atom is 0.137 e. The lowest BCUT2D eigenvalue weighted by atomic mass is 9.73. The Bertz CT molecular complexity index is 558. The van der Waals surface area contributed by atoms with Gasteiger partial charge in [0.15, 0.2) is 0 Å². The van der Waals surface area contributed by atoms with Gasteiger partial charge in [-0.1, -0.05) is 49.1 Å². The van der Waals surface area contributed by atoms with Crippen LogP contribution in [0.25, 0.3) is 0 Å². The Hall–Kier alpha value is -1.68. The van der Waals surface area contributed by atoms with Crippen LogP contribution >= 0.6 is 0 Å². The van der Waals surface area contributed by atoms with Gasteiger partial charge in [-0.25, -0.2) is 9.67 Å². The average molecular weight is 285 g/mol. The minimum atomic E-state index is -0.859. The molecule has 1 aromatic carbocycles. The van der Waals surface area contributed by atoms with Crippen LogP contribution in [0.4, 0.5) is 0 Å². The van der Waals surface area contributed by atoms with Crippen molar-refractivity contribution in [2.45, 2.75) is 51.2 Å². The van der Waals surface area contributed by atoms with E-state index in [4.69, 9.17) is 0 Å². The molecule has 1 atom stereocenters. The first-order valence-corrected chi connectivity index (χ1v) is 7.80. The zero-order valence-corrected chi connectivity index (χ0v) is 12.6. The molecule has 4 nitrogen and oxygen atoms in total. The van der Waals surface area contributed by atoms with Crippen LogP contribution in [-0.2, 0) is 12.1 Å². The third-order valence-corrected chi connectivity index (χ3v) is 4.70. The summed E-state index contributed by atoms with van der Waals surface area (Å²) in [7, 11) is 0. The van der Waals surface area contributed by atoms with Crippen LogP contribution in [-0.4, -0.2) is 19.9 Å². The summed E-state index contributed by atoms with van der Waals surface area (Å²) in [5.74, 6) is 0.290. The van der Waals surface area contributed by atoms with E-state index in [9.17, 15) is 5.11 Å². The number of aromatic nitrogens is 3. The van der Waals surface area contributed by atoms with Gasteiger partial charge < -0.3 is 5.11 Å². The smallest absolute Gasteiger partial charge is 0.137 e. The van der Waals surface area contributed by atoms with Crippen molar-refractivity contribution in [2.24, 2.45) is 5.92 Å². The summed E-state index contributed by atoms with van der Waals surface area (Å²) in [5, 5.41) is 15.7. The van der Waals surface area contributed by atoms with Gasteiger partial charge in [0.05, 0.1) is 6.54 Å². The molecule has 0 bridgehead atoms. The highest BCUT2D eigenvalue weighted by Gasteiger charge is 2.39. The molecule has 1 aliphatic carbocycles. The van der Waals surface area contributed by atoms with Gasteiger partial charge >= 0.3 is 0 Å². The molecule has 0 aliphatic heterocycles. The second-order valence-corrected chi connectivity index (χ2v) is 6.22. The van der Waals surface area contributed by atoms with Gasteiger partial charge in [0, 0.05) is 0 Å². The molecule has 112 valence electrons. The fraction of sp³-hybridized carbons (Fsp3) is 0.529. The molecule has 1 heterocycles. The Kier molecular flexibility index (Phi) is 4.06. The van der Waals surface area contributed by atoms with Crippen LogP contribution in [0.1, 0.15) is 43.2 Å². The summed E-state index contributed by atoms with van der Waals surface area (Å²) in [6, 6.07) is 8.26. The van der Waals surface area contributed by atoms with Crippen LogP contribution in [0.3, 0.4) is 0 Å². The SMILES string of the molecule is Cc1ccc(C(O)(Cn2cncn2)C2CCCCC2)cc1. The Balaban J connectivity index is 1.94. The molecule has 1 aliphatic rings. The Morgan fingerprint density at radius 3 is 2.52 bits per heavy atom. The minimum Gasteiger partial charge on any atom is -0.383 e. The fourth-order valence-corrected chi connectivity index (χ4v) is 3.44. The van der Waals surface area contributed by atoms with E-state index in [-0.39, 0.29) is 5.92 Å². The number of rotatable bonds is 4. The number of benzene rings is 1. The summed E-state index contributed by atoms with van der Waals surface area (Å²) in [4.78, 5) is 4.00. The first kappa shape index (κ1) is 14.3. The first-order valence-electron chi connectivity index (χ1n) is 7.80. The van der Waals surface area contributed by atoms with Gasteiger partial charge in [0.1, 0.15) is 18.3 Å². The number of aryl methyl sites for hydroxylation is 1. The first-order chi connectivity index (χ1) is 10.2. The Morgan fingerprint density at radius 1 is 1.19 bits per heavy atom. The van der Waals surface area contributed by atoms with Gasteiger partial charge in [-0.2, -0.15) is 5.10 Å². The van der Waals surface area contributed by atoms with E-state index in [1.165, 1.54) is 31.2 Å². The van der Waals surface area contributed by atoms with Gasteiger partial charge in [-0.05, 0) is 31.2 Å². The number of hydrogen-bond acceptors (Lipinski definition) is 3. The summed E-state index contributed by atoms with van der Waals surface area (Å²) in [6.07, 6.45) is 9.06. The van der Waals surface area contributed by atoms with Crippen LogP contribution in [0.15, 0.2) is 36.9 Å². The van der Waals surface area contributed by atoms with Crippen LogP contribution in [0.2, 0.25) is 0 Å². The summed E-state index contributed by atoms with van der Waals surface area (Å²) in [6.45, 7) is 2.54. The number of nitrogens with zero attached hydrogens (tertiary/aromatic N) is 3. The molecular weight excluding hydrogens is 262 g/mol. The maximum absolute atomic E-state index is 11.5. The van der Waals surface area contributed by atoms with Crippen molar-refractivity contribution in [3.63, 3.8) is 0 Å². The lowest BCUT2D eigenvalue weighted by Gasteiger charge is -2.39. The van der Waals surface area contributed by atoms with E-state index in [1.54, 1.807) is 11.0 Å². The van der Waals surface area contributed by atoms with E-state index in [2.05, 4.69) is 41.3 Å². The molecule has 0 spiro atoms. The van der Waals surface area contributed by atoms with Crippen molar-refractivity contribution in [1.29, 1.82) is 0 Å². The monoisotopic (exact) mass is 285 g/mol. The quantitative estimate of drug-likeness (QED) is 0.939. The van der Waals surface area contributed by atoms with Crippen LogP contribution in [0.5, 0.6) is 0 Å². The van der Waals surface area contributed by atoms with E-state index < -0.39 is 5.60 Å². The summed E-state index contributed by atoms with van der Waals surface area (Å²) >= 11 is 0. The molecular formula is C17H23N3O. The van der Waals surface area contributed by atoms with E-state index in [0.717, 1.165) is 18.4 Å². The van der Waals surface area contributed by atoms with Gasteiger partial charge in [-0.15, -0.1) is 0 Å². The fourth-order valence-electron chi connectivity index (χ4n) is 3.44. The van der Waals surface area contributed by atoms with Crippen LogP contribution < -0.4 is 0 Å². The second kappa shape index (κ2) is 5.98. The number of hydrogen-bond donors (Lipinski definition) is 1. The molecule has 1 fully saturated rings.